The third kappa shape index (κ3) is 4.16. The van der Waals surface area contributed by atoms with Crippen LogP contribution in [0.15, 0.2) is 29.2 Å². The molecule has 1 aliphatic carbocycles. The predicted octanol–water partition coefficient (Wildman–Crippen LogP) is 1.55. The van der Waals surface area contributed by atoms with Crippen LogP contribution in [0.4, 0.5) is 9.80 Å². The summed E-state index contributed by atoms with van der Waals surface area (Å²) < 4.78 is 25.4. The number of nitrogens with zero attached hydrogens (tertiary/aromatic N) is 1. The second-order valence-electron chi connectivity index (χ2n) is 6.65. The highest BCUT2D eigenvalue weighted by molar-refractivity contribution is 7.89. The molecule has 1 aromatic heterocycles. The number of imide groups is 1. The number of anilines is 1. The molecule has 1 aliphatic rings. The van der Waals surface area contributed by atoms with Crippen LogP contribution >= 0.6 is 11.3 Å². The molecule has 29 heavy (non-hydrogen) atoms. The smallest absolute Gasteiger partial charge is 0.319 e. The second-order valence-corrected chi connectivity index (χ2v) is 9.90. The number of fused-ring (bicyclic) bond motifs is 1. The Labute approximate surface area is 171 Å². The molecule has 0 saturated heterocycles. The number of thiophene rings is 1. The number of benzene rings is 1. The molecule has 0 fully saturated rings. The van der Waals surface area contributed by atoms with Crippen LogP contribution in [0.2, 0.25) is 0 Å². The Kier molecular flexibility index (Phi) is 5.73. The number of urea groups is 1. The van der Waals surface area contributed by atoms with Crippen molar-refractivity contribution in [2.45, 2.75) is 24.2 Å². The Hall–Kier alpha value is -2.76. The maximum atomic E-state index is 12.6. The van der Waals surface area contributed by atoms with Crippen molar-refractivity contribution in [3.8, 4) is 0 Å². The number of carbonyl (C=O) groups excluding carboxylic acids is 3. The number of amides is 4. The molecule has 0 aliphatic heterocycles. The summed E-state index contributed by atoms with van der Waals surface area (Å²) >= 11 is 1.29. The molecule has 0 unspecified atom stereocenters. The molecule has 9 nitrogen and oxygen atoms in total. The van der Waals surface area contributed by atoms with Gasteiger partial charge in [-0.25, -0.2) is 17.5 Å². The normalized spacial score (nSPS) is 13.2. The largest absolute Gasteiger partial charge is 0.351 e. The summed E-state index contributed by atoms with van der Waals surface area (Å²) in [6.07, 6.45) is 2.37. The summed E-state index contributed by atoms with van der Waals surface area (Å²) in [7, 11) is -0.756. The Morgan fingerprint density at radius 3 is 2.31 bits per heavy atom. The van der Waals surface area contributed by atoms with Gasteiger partial charge in [0.25, 0.3) is 11.8 Å². The third-order valence-corrected chi connectivity index (χ3v) is 7.54. The van der Waals surface area contributed by atoms with E-state index < -0.39 is 27.9 Å². The van der Waals surface area contributed by atoms with Gasteiger partial charge in [-0.1, -0.05) is 0 Å². The molecule has 4 amide bonds. The molecule has 0 spiro atoms. The Morgan fingerprint density at radius 2 is 1.72 bits per heavy atom. The van der Waals surface area contributed by atoms with Crippen molar-refractivity contribution in [1.29, 1.82) is 0 Å². The van der Waals surface area contributed by atoms with E-state index in [2.05, 4.69) is 5.32 Å². The molecule has 0 saturated carbocycles. The first-order chi connectivity index (χ1) is 13.6. The predicted molar refractivity (Wildman–Crippen MR) is 109 cm³/mol. The van der Waals surface area contributed by atoms with Crippen LogP contribution in [0.3, 0.4) is 0 Å². The quantitative estimate of drug-likeness (QED) is 0.653. The first-order valence-electron chi connectivity index (χ1n) is 8.70. The lowest BCUT2D eigenvalue weighted by Crippen LogP contribution is -2.35. The first kappa shape index (κ1) is 21.0. The summed E-state index contributed by atoms with van der Waals surface area (Å²) in [4.78, 5) is 37.2. The zero-order chi connectivity index (χ0) is 21.3. The van der Waals surface area contributed by atoms with Crippen molar-refractivity contribution >= 4 is 44.2 Å². The van der Waals surface area contributed by atoms with E-state index in [-0.39, 0.29) is 16.0 Å². The van der Waals surface area contributed by atoms with Gasteiger partial charge in [0.1, 0.15) is 5.00 Å². The lowest BCUT2D eigenvalue weighted by atomic mass is 10.1. The lowest BCUT2D eigenvalue weighted by molar-refractivity contribution is 0.0966. The molecule has 11 heteroatoms. The lowest BCUT2D eigenvalue weighted by Gasteiger charge is -2.12. The minimum Gasteiger partial charge on any atom is -0.351 e. The van der Waals surface area contributed by atoms with Crippen LogP contribution < -0.4 is 16.4 Å². The highest BCUT2D eigenvalue weighted by Crippen LogP contribution is 2.39. The van der Waals surface area contributed by atoms with Crippen molar-refractivity contribution < 1.29 is 22.8 Å². The van der Waals surface area contributed by atoms with E-state index in [1.54, 1.807) is 0 Å². The van der Waals surface area contributed by atoms with E-state index in [0.717, 1.165) is 27.6 Å². The Balaban J connectivity index is 1.86. The molecular formula is C18H20N4O5S2. The molecule has 2 aromatic rings. The number of nitrogens with one attached hydrogen (secondary N) is 2. The van der Waals surface area contributed by atoms with Crippen LogP contribution in [-0.4, -0.2) is 44.7 Å². The van der Waals surface area contributed by atoms with Gasteiger partial charge in [-0.15, -0.1) is 11.3 Å². The average molecular weight is 437 g/mol. The van der Waals surface area contributed by atoms with Gasteiger partial charge in [-0.2, -0.15) is 0 Å². The van der Waals surface area contributed by atoms with Gasteiger partial charge in [0, 0.05) is 24.5 Å². The number of primary amides is 1. The zero-order valence-electron chi connectivity index (χ0n) is 15.8. The van der Waals surface area contributed by atoms with E-state index in [1.807, 2.05) is 5.32 Å². The number of sulfonamides is 1. The fourth-order valence-electron chi connectivity index (χ4n) is 3.07. The third-order valence-electron chi connectivity index (χ3n) is 4.51. The van der Waals surface area contributed by atoms with Gasteiger partial charge in [-0.05, 0) is 49.1 Å². The Morgan fingerprint density at radius 1 is 1.07 bits per heavy atom. The molecular weight excluding hydrogens is 416 g/mol. The summed E-state index contributed by atoms with van der Waals surface area (Å²) in [5.41, 5.74) is 6.35. The Bertz CT molecular complexity index is 1090. The molecule has 154 valence electrons. The van der Waals surface area contributed by atoms with E-state index in [9.17, 15) is 22.8 Å². The fraction of sp³-hybridized carbons (Fsp3) is 0.278. The zero-order valence-corrected chi connectivity index (χ0v) is 17.4. The average Bonchev–Trinajstić information content (AvgIpc) is 3.21. The number of nitrogens with two attached hydrogens (primary N) is 1. The summed E-state index contributed by atoms with van der Waals surface area (Å²) in [6, 6.07) is 4.52. The molecule has 0 atom stereocenters. The maximum absolute atomic E-state index is 12.6. The van der Waals surface area contributed by atoms with Crippen molar-refractivity contribution in [1.82, 2.24) is 9.62 Å². The number of hydrogen-bond donors (Lipinski definition) is 3. The number of carbonyl (C=O) groups is 3. The minimum atomic E-state index is -3.60. The topological polar surface area (TPSA) is 139 Å². The molecule has 1 aromatic carbocycles. The van der Waals surface area contributed by atoms with Crippen LogP contribution in [0.25, 0.3) is 0 Å². The van der Waals surface area contributed by atoms with Crippen molar-refractivity contribution in [2.75, 3.05) is 19.4 Å². The van der Waals surface area contributed by atoms with Crippen LogP contribution in [0.1, 0.15) is 37.6 Å². The molecule has 4 N–H and O–H groups in total. The van der Waals surface area contributed by atoms with Crippen molar-refractivity contribution in [3.63, 3.8) is 0 Å². The molecule has 0 bridgehead atoms. The van der Waals surface area contributed by atoms with Crippen molar-refractivity contribution in [2.24, 2.45) is 5.73 Å². The van der Waals surface area contributed by atoms with Crippen LogP contribution in [0.5, 0.6) is 0 Å². The van der Waals surface area contributed by atoms with Crippen LogP contribution in [-0.2, 0) is 22.9 Å². The van der Waals surface area contributed by atoms with Gasteiger partial charge >= 0.3 is 6.03 Å². The van der Waals surface area contributed by atoms with Crippen molar-refractivity contribution in [3.05, 3.63) is 45.8 Å². The summed E-state index contributed by atoms with van der Waals surface area (Å²) in [5.74, 6) is -1.15. The van der Waals surface area contributed by atoms with E-state index in [4.69, 9.17) is 5.73 Å². The number of hydrogen-bond acceptors (Lipinski definition) is 6. The second kappa shape index (κ2) is 7.93. The fourth-order valence-corrected chi connectivity index (χ4v) is 5.25. The summed E-state index contributed by atoms with van der Waals surface area (Å²) in [6.45, 7) is 0. The van der Waals surface area contributed by atoms with E-state index >= 15 is 0 Å². The van der Waals surface area contributed by atoms with Gasteiger partial charge in [0.15, 0.2) is 0 Å². The molecule has 3 rings (SSSR count). The summed E-state index contributed by atoms with van der Waals surface area (Å²) in [5, 5.41) is 5.08. The van der Waals surface area contributed by atoms with Gasteiger partial charge in [0.05, 0.1) is 10.5 Å². The van der Waals surface area contributed by atoms with E-state index in [1.165, 1.54) is 49.7 Å². The highest BCUT2D eigenvalue weighted by atomic mass is 32.2. The van der Waals surface area contributed by atoms with Gasteiger partial charge < -0.3 is 11.1 Å². The number of rotatable bonds is 5. The first-order valence-corrected chi connectivity index (χ1v) is 11.0. The van der Waals surface area contributed by atoms with E-state index in [0.29, 0.717) is 11.4 Å². The van der Waals surface area contributed by atoms with Gasteiger partial charge in [0.2, 0.25) is 10.0 Å². The van der Waals surface area contributed by atoms with Crippen LogP contribution in [0, 0.1) is 0 Å². The SMILES string of the molecule is CN(C)S(=O)(=O)c1ccc(C(=O)Nc2sc3c(c2C(=O)NC(N)=O)CCC3)cc1. The minimum absolute atomic E-state index is 0.0654. The number of aryl methyl sites for hydroxylation is 1. The monoisotopic (exact) mass is 436 g/mol. The van der Waals surface area contributed by atoms with Gasteiger partial charge in [-0.3, -0.25) is 14.9 Å². The standard InChI is InChI=1S/C18H20N4O5S2/c1-22(2)29(26,27)11-8-6-10(7-9-11)15(23)20-17-14(16(24)21-18(19)25)12-4-3-5-13(12)28-17/h6-9H,3-5H2,1-2H3,(H,20,23)(H3,19,21,24,25). The highest BCUT2D eigenvalue weighted by Gasteiger charge is 2.28. The molecule has 0 radical (unpaired) electrons. The molecule has 1 heterocycles. The maximum Gasteiger partial charge on any atom is 0.319 e.